The highest BCUT2D eigenvalue weighted by atomic mass is 32.1. The summed E-state index contributed by atoms with van der Waals surface area (Å²) in [6, 6.07) is 18.5. The summed E-state index contributed by atoms with van der Waals surface area (Å²) in [5.41, 5.74) is 1.32. The lowest BCUT2D eigenvalue weighted by atomic mass is 10.1. The van der Waals surface area contributed by atoms with Gasteiger partial charge in [0.25, 0.3) is 5.91 Å². The van der Waals surface area contributed by atoms with E-state index in [0.717, 1.165) is 21.2 Å². The van der Waals surface area contributed by atoms with E-state index in [4.69, 9.17) is 4.74 Å². The van der Waals surface area contributed by atoms with E-state index in [2.05, 4.69) is 5.32 Å². The number of halogens is 1. The van der Waals surface area contributed by atoms with Gasteiger partial charge < -0.3 is 10.1 Å². The van der Waals surface area contributed by atoms with Gasteiger partial charge in [0.15, 0.2) is 0 Å². The minimum absolute atomic E-state index is 0.180. The molecule has 0 unspecified atom stereocenters. The first kappa shape index (κ1) is 16.7. The maximum atomic E-state index is 14.3. The first-order valence-electron chi connectivity index (χ1n) is 8.17. The van der Waals surface area contributed by atoms with E-state index in [1.165, 1.54) is 24.5 Å². The predicted octanol–water partition coefficient (Wildman–Crippen LogP) is 5.59. The van der Waals surface area contributed by atoms with Gasteiger partial charge in [0.05, 0.1) is 11.5 Å². The molecule has 0 aliphatic rings. The van der Waals surface area contributed by atoms with Crippen LogP contribution in [-0.4, -0.2) is 13.0 Å². The molecular formula is C21H16FNO2S. The monoisotopic (exact) mass is 365 g/mol. The van der Waals surface area contributed by atoms with E-state index in [0.29, 0.717) is 15.8 Å². The SMILES string of the molecule is COCc1c(C(=O)Nc2cccc3ccccc23)sc2cccc(F)c12. The molecule has 0 saturated heterocycles. The summed E-state index contributed by atoms with van der Waals surface area (Å²) >= 11 is 1.28. The Morgan fingerprint density at radius 3 is 2.69 bits per heavy atom. The fourth-order valence-electron chi connectivity index (χ4n) is 3.15. The van der Waals surface area contributed by atoms with Crippen molar-refractivity contribution in [2.45, 2.75) is 6.61 Å². The number of hydrogen-bond acceptors (Lipinski definition) is 3. The van der Waals surface area contributed by atoms with Gasteiger partial charge in [0.2, 0.25) is 0 Å². The van der Waals surface area contributed by atoms with Gasteiger partial charge in [0, 0.05) is 33.8 Å². The average Bonchev–Trinajstić information content (AvgIpc) is 3.02. The van der Waals surface area contributed by atoms with Crippen LogP contribution in [0, 0.1) is 5.82 Å². The highest BCUT2D eigenvalue weighted by Crippen LogP contribution is 2.34. The van der Waals surface area contributed by atoms with Crippen molar-refractivity contribution >= 4 is 43.8 Å². The molecule has 0 spiro atoms. The summed E-state index contributed by atoms with van der Waals surface area (Å²) in [7, 11) is 1.54. The second-order valence-corrected chi connectivity index (χ2v) is 6.99. The second kappa shape index (κ2) is 6.86. The zero-order valence-corrected chi connectivity index (χ0v) is 14.9. The van der Waals surface area contributed by atoms with Crippen molar-refractivity contribution in [1.29, 1.82) is 0 Å². The van der Waals surface area contributed by atoms with E-state index < -0.39 is 0 Å². The first-order valence-corrected chi connectivity index (χ1v) is 8.98. The number of methoxy groups -OCH3 is 1. The summed E-state index contributed by atoms with van der Waals surface area (Å²) in [6.07, 6.45) is 0. The molecule has 130 valence electrons. The summed E-state index contributed by atoms with van der Waals surface area (Å²) < 4.78 is 20.3. The molecule has 26 heavy (non-hydrogen) atoms. The molecule has 1 heterocycles. The Hall–Kier alpha value is -2.76. The minimum Gasteiger partial charge on any atom is -0.380 e. The largest absolute Gasteiger partial charge is 0.380 e. The third-order valence-electron chi connectivity index (χ3n) is 4.30. The zero-order chi connectivity index (χ0) is 18.1. The van der Waals surface area contributed by atoms with Gasteiger partial charge in [-0.3, -0.25) is 4.79 Å². The van der Waals surface area contributed by atoms with Crippen LogP contribution in [0.25, 0.3) is 20.9 Å². The molecule has 0 aliphatic carbocycles. The summed E-state index contributed by atoms with van der Waals surface area (Å²) in [5, 5.41) is 5.44. The molecule has 1 N–H and O–H groups in total. The Balaban J connectivity index is 1.79. The third-order valence-corrected chi connectivity index (χ3v) is 5.49. The fourth-order valence-corrected chi connectivity index (χ4v) is 4.26. The highest BCUT2D eigenvalue weighted by Gasteiger charge is 2.21. The van der Waals surface area contributed by atoms with Gasteiger partial charge in [-0.1, -0.05) is 42.5 Å². The molecule has 1 amide bonds. The number of ether oxygens (including phenoxy) is 1. The van der Waals surface area contributed by atoms with Crippen LogP contribution in [0.4, 0.5) is 10.1 Å². The molecule has 4 rings (SSSR count). The number of amides is 1. The standard InChI is InChI=1S/C21H16FNO2S/c1-25-12-15-19-16(22)9-5-11-18(19)26-20(15)21(24)23-17-10-4-7-13-6-2-3-8-14(13)17/h2-11H,12H2,1H3,(H,23,24). The van der Waals surface area contributed by atoms with Crippen LogP contribution in [0.5, 0.6) is 0 Å². The molecule has 0 saturated carbocycles. The van der Waals surface area contributed by atoms with Crippen molar-refractivity contribution < 1.29 is 13.9 Å². The lowest BCUT2D eigenvalue weighted by Gasteiger charge is -2.09. The van der Waals surface area contributed by atoms with Crippen molar-refractivity contribution in [3.8, 4) is 0 Å². The Labute approximate surface area is 154 Å². The van der Waals surface area contributed by atoms with Gasteiger partial charge in [-0.05, 0) is 23.6 Å². The zero-order valence-electron chi connectivity index (χ0n) is 14.1. The van der Waals surface area contributed by atoms with Gasteiger partial charge >= 0.3 is 0 Å². The maximum Gasteiger partial charge on any atom is 0.266 e. The van der Waals surface area contributed by atoms with Crippen LogP contribution in [0.15, 0.2) is 60.7 Å². The molecule has 1 aromatic heterocycles. The maximum absolute atomic E-state index is 14.3. The number of carbonyl (C=O) groups excluding carboxylic acids is 1. The number of carbonyl (C=O) groups is 1. The molecule has 5 heteroatoms. The smallest absolute Gasteiger partial charge is 0.266 e. The molecule has 3 nitrogen and oxygen atoms in total. The number of fused-ring (bicyclic) bond motifs is 2. The summed E-state index contributed by atoms with van der Waals surface area (Å²) in [5.74, 6) is -0.594. The number of thiophene rings is 1. The number of anilines is 1. The van der Waals surface area contributed by atoms with Crippen LogP contribution < -0.4 is 5.32 Å². The summed E-state index contributed by atoms with van der Waals surface area (Å²) in [6.45, 7) is 0.180. The van der Waals surface area contributed by atoms with Gasteiger partial charge in [-0.2, -0.15) is 0 Å². The number of nitrogens with one attached hydrogen (secondary N) is 1. The summed E-state index contributed by atoms with van der Waals surface area (Å²) in [4.78, 5) is 13.4. The van der Waals surface area contributed by atoms with Gasteiger partial charge in [-0.25, -0.2) is 4.39 Å². The first-order chi connectivity index (χ1) is 12.7. The Kier molecular flexibility index (Phi) is 4.41. The van der Waals surface area contributed by atoms with Crippen molar-refractivity contribution in [3.05, 3.63) is 76.9 Å². The number of benzene rings is 3. The topological polar surface area (TPSA) is 38.3 Å². The molecule has 0 atom stereocenters. The van der Waals surface area contributed by atoms with Crippen LogP contribution >= 0.6 is 11.3 Å². The molecule has 3 aromatic carbocycles. The van der Waals surface area contributed by atoms with E-state index in [-0.39, 0.29) is 18.3 Å². The average molecular weight is 365 g/mol. The van der Waals surface area contributed by atoms with E-state index >= 15 is 0 Å². The minimum atomic E-state index is -0.338. The molecular weight excluding hydrogens is 349 g/mol. The lowest BCUT2D eigenvalue weighted by molar-refractivity contribution is 0.102. The molecule has 4 aromatic rings. The number of rotatable bonds is 4. The lowest BCUT2D eigenvalue weighted by Crippen LogP contribution is -2.12. The third kappa shape index (κ3) is 2.85. The van der Waals surface area contributed by atoms with E-state index in [1.54, 1.807) is 6.07 Å². The van der Waals surface area contributed by atoms with Crippen LogP contribution in [-0.2, 0) is 11.3 Å². The van der Waals surface area contributed by atoms with Crippen LogP contribution in [0.1, 0.15) is 15.2 Å². The fraction of sp³-hybridized carbons (Fsp3) is 0.0952. The van der Waals surface area contributed by atoms with E-state index in [1.807, 2.05) is 48.5 Å². The quantitative estimate of drug-likeness (QED) is 0.512. The molecule has 0 fully saturated rings. The van der Waals surface area contributed by atoms with Crippen molar-refractivity contribution in [3.63, 3.8) is 0 Å². The Morgan fingerprint density at radius 2 is 1.85 bits per heavy atom. The predicted molar refractivity (Wildman–Crippen MR) is 104 cm³/mol. The van der Waals surface area contributed by atoms with E-state index in [9.17, 15) is 9.18 Å². The Bertz CT molecular complexity index is 1110. The Morgan fingerprint density at radius 1 is 1.08 bits per heavy atom. The number of hydrogen-bond donors (Lipinski definition) is 1. The van der Waals surface area contributed by atoms with Gasteiger partial charge in [0.1, 0.15) is 5.82 Å². The second-order valence-electron chi connectivity index (χ2n) is 5.94. The molecule has 0 aliphatic heterocycles. The van der Waals surface area contributed by atoms with Crippen molar-refractivity contribution in [1.82, 2.24) is 0 Å². The molecule has 0 radical (unpaired) electrons. The van der Waals surface area contributed by atoms with Crippen molar-refractivity contribution in [2.24, 2.45) is 0 Å². The highest BCUT2D eigenvalue weighted by molar-refractivity contribution is 7.21. The van der Waals surface area contributed by atoms with Crippen LogP contribution in [0.3, 0.4) is 0 Å². The molecule has 0 bridgehead atoms. The van der Waals surface area contributed by atoms with Gasteiger partial charge in [-0.15, -0.1) is 11.3 Å². The normalized spacial score (nSPS) is 11.2. The van der Waals surface area contributed by atoms with Crippen molar-refractivity contribution in [2.75, 3.05) is 12.4 Å². The van der Waals surface area contributed by atoms with Crippen LogP contribution in [0.2, 0.25) is 0 Å².